The van der Waals surface area contributed by atoms with Crippen molar-refractivity contribution < 1.29 is 9.21 Å². The average molecular weight is 363 g/mol. The Hall–Kier alpha value is -3.32. The molecule has 0 aliphatic heterocycles. The summed E-state index contributed by atoms with van der Waals surface area (Å²) < 4.78 is 5.93. The van der Waals surface area contributed by atoms with E-state index >= 15 is 0 Å². The van der Waals surface area contributed by atoms with Gasteiger partial charge in [0.25, 0.3) is 0 Å². The van der Waals surface area contributed by atoms with Crippen LogP contribution in [0.2, 0.25) is 0 Å². The number of carbonyl (C=O) groups is 1. The third kappa shape index (κ3) is 3.25. The van der Waals surface area contributed by atoms with Crippen molar-refractivity contribution in [2.45, 2.75) is 6.42 Å². The van der Waals surface area contributed by atoms with Crippen LogP contribution >= 0.6 is 11.3 Å². The molecule has 0 saturated carbocycles. The Morgan fingerprint density at radius 1 is 1.23 bits per heavy atom. The van der Waals surface area contributed by atoms with Gasteiger partial charge in [-0.1, -0.05) is 6.07 Å². The molecule has 4 rings (SSSR count). The van der Waals surface area contributed by atoms with Crippen molar-refractivity contribution in [1.82, 2.24) is 9.97 Å². The summed E-state index contributed by atoms with van der Waals surface area (Å²) in [5.41, 5.74) is 3.68. The first-order valence-corrected chi connectivity index (χ1v) is 8.79. The fraction of sp³-hybridized carbons (Fsp3) is 0.0526. The first-order chi connectivity index (χ1) is 12.7. The summed E-state index contributed by atoms with van der Waals surface area (Å²) in [5.74, 6) is 0.176. The van der Waals surface area contributed by atoms with Crippen molar-refractivity contribution in [3.05, 3.63) is 75.6 Å². The Kier molecular flexibility index (Phi) is 4.28. The smallest absolute Gasteiger partial charge is 0.230 e. The summed E-state index contributed by atoms with van der Waals surface area (Å²) in [4.78, 5) is 32.9. The first kappa shape index (κ1) is 16.2. The van der Waals surface area contributed by atoms with E-state index in [1.165, 1.54) is 17.4 Å². The van der Waals surface area contributed by atoms with Gasteiger partial charge in [-0.25, -0.2) is 4.98 Å². The van der Waals surface area contributed by atoms with Gasteiger partial charge in [0.15, 0.2) is 11.0 Å². The second-order valence-electron chi connectivity index (χ2n) is 5.60. The van der Waals surface area contributed by atoms with E-state index in [1.54, 1.807) is 48.2 Å². The van der Waals surface area contributed by atoms with Gasteiger partial charge >= 0.3 is 0 Å². The number of anilines is 1. The highest BCUT2D eigenvalue weighted by atomic mass is 32.1. The zero-order valence-electron chi connectivity index (χ0n) is 13.5. The van der Waals surface area contributed by atoms with Crippen LogP contribution in [0.25, 0.3) is 22.3 Å². The largest absolute Gasteiger partial charge is 0.454 e. The minimum Gasteiger partial charge on any atom is -0.454 e. The second-order valence-corrected chi connectivity index (χ2v) is 6.32. The monoisotopic (exact) mass is 363 g/mol. The molecule has 3 heterocycles. The molecule has 7 heteroatoms. The molecule has 0 atom stereocenters. The lowest BCUT2D eigenvalue weighted by Gasteiger charge is -2.09. The van der Waals surface area contributed by atoms with Crippen molar-refractivity contribution >= 4 is 33.9 Å². The fourth-order valence-corrected chi connectivity index (χ4v) is 3.17. The van der Waals surface area contributed by atoms with Crippen LogP contribution in [0.5, 0.6) is 0 Å². The van der Waals surface area contributed by atoms with Crippen LogP contribution in [0, 0.1) is 0 Å². The van der Waals surface area contributed by atoms with E-state index in [0.29, 0.717) is 33.7 Å². The summed E-state index contributed by atoms with van der Waals surface area (Å²) in [6.07, 6.45) is 3.42. The van der Waals surface area contributed by atoms with Crippen LogP contribution in [0.15, 0.2) is 68.9 Å². The molecular formula is C19H13N3O3S. The molecule has 0 aliphatic rings. The highest BCUT2D eigenvalue weighted by Crippen LogP contribution is 2.26. The molecule has 1 amide bonds. The van der Waals surface area contributed by atoms with Gasteiger partial charge in [0.05, 0.1) is 28.7 Å². The second kappa shape index (κ2) is 6.89. The van der Waals surface area contributed by atoms with E-state index < -0.39 is 0 Å². The third-order valence-corrected chi connectivity index (χ3v) is 4.44. The number of aromatic nitrogens is 2. The standard InChI is InChI=1S/C19H13N3O3S/c23-16-8-17(12-3-2-6-20-9-12)25-19-14(16)4-1-5-15(19)22-18(24)7-13-10-26-11-21-13/h1-6,8-11H,7H2,(H,22,24). The van der Waals surface area contributed by atoms with Gasteiger partial charge < -0.3 is 9.73 Å². The van der Waals surface area contributed by atoms with Crippen LogP contribution < -0.4 is 10.7 Å². The summed E-state index contributed by atoms with van der Waals surface area (Å²) >= 11 is 1.44. The van der Waals surface area contributed by atoms with Crippen molar-refractivity contribution in [2.24, 2.45) is 0 Å². The number of pyridine rings is 1. The van der Waals surface area contributed by atoms with Crippen molar-refractivity contribution in [3.8, 4) is 11.3 Å². The number of benzene rings is 1. The molecular weight excluding hydrogens is 350 g/mol. The van der Waals surface area contributed by atoms with Gasteiger partial charge in [0, 0.05) is 29.4 Å². The Bertz CT molecular complexity index is 1120. The lowest BCUT2D eigenvalue weighted by Crippen LogP contribution is -2.15. The van der Waals surface area contributed by atoms with E-state index in [2.05, 4.69) is 15.3 Å². The Morgan fingerprint density at radius 2 is 2.15 bits per heavy atom. The molecule has 0 saturated heterocycles. The van der Waals surface area contributed by atoms with Gasteiger partial charge in [-0.3, -0.25) is 14.6 Å². The molecule has 1 N–H and O–H groups in total. The Balaban J connectivity index is 1.74. The molecule has 0 fully saturated rings. The molecule has 0 spiro atoms. The maximum Gasteiger partial charge on any atom is 0.230 e. The third-order valence-electron chi connectivity index (χ3n) is 3.80. The van der Waals surface area contributed by atoms with Crippen LogP contribution in [-0.2, 0) is 11.2 Å². The van der Waals surface area contributed by atoms with Gasteiger partial charge in [-0.15, -0.1) is 11.3 Å². The molecule has 4 aromatic rings. The summed E-state index contributed by atoms with van der Waals surface area (Å²) in [6, 6.07) is 10.1. The van der Waals surface area contributed by atoms with E-state index in [4.69, 9.17) is 4.42 Å². The number of nitrogens with zero attached hydrogens (tertiary/aromatic N) is 2. The lowest BCUT2D eigenvalue weighted by atomic mass is 10.1. The number of amides is 1. The number of fused-ring (bicyclic) bond motifs is 1. The molecule has 1 aromatic carbocycles. The molecule has 0 radical (unpaired) electrons. The maximum absolute atomic E-state index is 12.5. The van der Waals surface area contributed by atoms with Crippen molar-refractivity contribution in [3.63, 3.8) is 0 Å². The number of carbonyl (C=O) groups excluding carboxylic acids is 1. The van der Waals surface area contributed by atoms with E-state index in [9.17, 15) is 9.59 Å². The quantitative estimate of drug-likeness (QED) is 0.600. The summed E-state index contributed by atoms with van der Waals surface area (Å²) in [6.45, 7) is 0. The first-order valence-electron chi connectivity index (χ1n) is 7.85. The van der Waals surface area contributed by atoms with Crippen LogP contribution in [0.1, 0.15) is 5.69 Å². The van der Waals surface area contributed by atoms with Crippen LogP contribution in [0.4, 0.5) is 5.69 Å². The molecule has 6 nitrogen and oxygen atoms in total. The molecule has 0 bridgehead atoms. The maximum atomic E-state index is 12.5. The van der Waals surface area contributed by atoms with Gasteiger partial charge in [0.1, 0.15) is 5.76 Å². The normalized spacial score (nSPS) is 10.8. The number of hydrogen-bond acceptors (Lipinski definition) is 6. The molecule has 3 aromatic heterocycles. The molecule has 0 aliphatic carbocycles. The molecule has 26 heavy (non-hydrogen) atoms. The minimum atomic E-state index is -0.224. The number of para-hydroxylation sites is 1. The van der Waals surface area contributed by atoms with Crippen molar-refractivity contribution in [2.75, 3.05) is 5.32 Å². The molecule has 128 valence electrons. The van der Waals surface area contributed by atoms with E-state index in [1.807, 2.05) is 5.38 Å². The number of nitrogens with one attached hydrogen (secondary N) is 1. The predicted molar refractivity (Wildman–Crippen MR) is 100 cm³/mol. The van der Waals surface area contributed by atoms with E-state index in [-0.39, 0.29) is 17.8 Å². The molecule has 0 unspecified atom stereocenters. The summed E-state index contributed by atoms with van der Waals surface area (Å²) in [7, 11) is 0. The topological polar surface area (TPSA) is 85.1 Å². The van der Waals surface area contributed by atoms with Gasteiger partial charge in [0.2, 0.25) is 5.91 Å². The number of thiazole rings is 1. The highest BCUT2D eigenvalue weighted by Gasteiger charge is 2.13. The van der Waals surface area contributed by atoms with Gasteiger partial charge in [-0.2, -0.15) is 0 Å². The van der Waals surface area contributed by atoms with Crippen molar-refractivity contribution in [1.29, 1.82) is 0 Å². The number of rotatable bonds is 4. The van der Waals surface area contributed by atoms with E-state index in [0.717, 1.165) is 0 Å². The minimum absolute atomic E-state index is 0.159. The summed E-state index contributed by atoms with van der Waals surface area (Å²) in [5, 5.41) is 5.04. The van der Waals surface area contributed by atoms with Crippen LogP contribution in [0.3, 0.4) is 0 Å². The zero-order chi connectivity index (χ0) is 17.9. The Labute approximate surface area is 152 Å². The average Bonchev–Trinajstić information content (AvgIpc) is 3.16. The Morgan fingerprint density at radius 3 is 2.92 bits per heavy atom. The van der Waals surface area contributed by atoms with Gasteiger partial charge in [-0.05, 0) is 24.3 Å². The number of hydrogen-bond donors (Lipinski definition) is 1. The SMILES string of the molecule is O=C(Cc1cscn1)Nc1cccc2c(=O)cc(-c3cccnc3)oc12. The lowest BCUT2D eigenvalue weighted by molar-refractivity contribution is -0.115. The van der Waals surface area contributed by atoms with Crippen LogP contribution in [-0.4, -0.2) is 15.9 Å². The predicted octanol–water partition coefficient (Wildman–Crippen LogP) is 3.49. The zero-order valence-corrected chi connectivity index (χ0v) is 14.3. The highest BCUT2D eigenvalue weighted by molar-refractivity contribution is 7.07. The fourth-order valence-electron chi connectivity index (χ4n) is 2.61.